The van der Waals surface area contributed by atoms with E-state index in [1.54, 1.807) is 0 Å². The minimum atomic E-state index is -0.473. The van der Waals surface area contributed by atoms with Gasteiger partial charge in [-0.25, -0.2) is 4.79 Å². The molecule has 0 aliphatic heterocycles. The van der Waals surface area contributed by atoms with Gasteiger partial charge in [-0.1, -0.05) is 31.0 Å². The third-order valence-corrected chi connectivity index (χ3v) is 4.33. The molecular formula is C19H30N2O2. The van der Waals surface area contributed by atoms with Gasteiger partial charge in [0, 0.05) is 18.3 Å². The topological polar surface area (TPSA) is 50.4 Å². The Hall–Kier alpha value is -1.71. The summed E-state index contributed by atoms with van der Waals surface area (Å²) < 4.78 is 5.29. The second-order valence-corrected chi connectivity index (χ2v) is 7.49. The average molecular weight is 318 g/mol. The van der Waals surface area contributed by atoms with Crippen LogP contribution in [0.3, 0.4) is 0 Å². The Morgan fingerprint density at radius 1 is 1.26 bits per heavy atom. The van der Waals surface area contributed by atoms with Gasteiger partial charge in [-0.15, -0.1) is 0 Å². The summed E-state index contributed by atoms with van der Waals surface area (Å²) in [5.41, 5.74) is 1.71. The van der Waals surface area contributed by atoms with Crippen molar-refractivity contribution in [3.05, 3.63) is 29.8 Å². The van der Waals surface area contributed by atoms with Gasteiger partial charge in [-0.2, -0.15) is 0 Å². The fourth-order valence-electron chi connectivity index (χ4n) is 3.12. The summed E-state index contributed by atoms with van der Waals surface area (Å²) in [7, 11) is 0. The number of ether oxygens (including phenoxy) is 1. The molecule has 23 heavy (non-hydrogen) atoms. The van der Waals surface area contributed by atoms with Crippen LogP contribution in [0.2, 0.25) is 0 Å². The SMILES string of the molecule is CC(Nc1ccccc1CNC(=O)OC(C)(C)C)C1CCCC1. The summed E-state index contributed by atoms with van der Waals surface area (Å²) in [5.74, 6) is 0.752. The van der Waals surface area contributed by atoms with E-state index in [9.17, 15) is 4.79 Å². The highest BCUT2D eigenvalue weighted by molar-refractivity contribution is 5.68. The standard InChI is InChI=1S/C19H30N2O2/c1-14(15-9-5-6-10-15)21-17-12-8-7-11-16(17)13-20-18(22)23-19(2,3)4/h7-8,11-12,14-15,21H,5-6,9-10,13H2,1-4H3,(H,20,22). The number of carbonyl (C=O) groups excluding carboxylic acids is 1. The molecule has 0 aromatic heterocycles. The van der Waals surface area contributed by atoms with Crippen molar-refractivity contribution < 1.29 is 9.53 Å². The van der Waals surface area contributed by atoms with Crippen molar-refractivity contribution in [1.29, 1.82) is 0 Å². The van der Waals surface area contributed by atoms with Crippen molar-refractivity contribution in [2.24, 2.45) is 5.92 Å². The van der Waals surface area contributed by atoms with Crippen LogP contribution in [0.1, 0.15) is 58.9 Å². The van der Waals surface area contributed by atoms with E-state index >= 15 is 0 Å². The molecule has 2 N–H and O–H groups in total. The zero-order chi connectivity index (χ0) is 16.9. The molecule has 1 aromatic rings. The molecule has 1 fully saturated rings. The van der Waals surface area contributed by atoms with E-state index in [1.807, 2.05) is 39.0 Å². The van der Waals surface area contributed by atoms with Gasteiger partial charge in [0.15, 0.2) is 0 Å². The summed E-state index contributed by atoms with van der Waals surface area (Å²) in [6.07, 6.45) is 4.94. The Morgan fingerprint density at radius 3 is 2.57 bits per heavy atom. The van der Waals surface area contributed by atoms with E-state index in [-0.39, 0.29) is 6.09 Å². The van der Waals surface area contributed by atoms with Crippen molar-refractivity contribution in [3.8, 4) is 0 Å². The number of carbonyl (C=O) groups is 1. The first kappa shape index (κ1) is 17.6. The molecule has 0 radical (unpaired) electrons. The molecular weight excluding hydrogens is 288 g/mol. The molecule has 0 heterocycles. The van der Waals surface area contributed by atoms with Gasteiger partial charge in [-0.05, 0) is 58.1 Å². The number of rotatable bonds is 5. The zero-order valence-electron chi connectivity index (χ0n) is 14.8. The molecule has 1 aliphatic carbocycles. The van der Waals surface area contributed by atoms with E-state index in [4.69, 9.17) is 4.74 Å². The zero-order valence-corrected chi connectivity index (χ0v) is 14.8. The predicted molar refractivity (Wildman–Crippen MR) is 94.6 cm³/mol. The smallest absolute Gasteiger partial charge is 0.407 e. The first-order valence-corrected chi connectivity index (χ1v) is 8.66. The fourth-order valence-corrected chi connectivity index (χ4v) is 3.12. The number of benzene rings is 1. The maximum absolute atomic E-state index is 11.8. The molecule has 1 saturated carbocycles. The lowest BCUT2D eigenvalue weighted by Crippen LogP contribution is -2.32. The molecule has 1 aliphatic rings. The van der Waals surface area contributed by atoms with Crippen molar-refractivity contribution in [3.63, 3.8) is 0 Å². The Balaban J connectivity index is 1.93. The van der Waals surface area contributed by atoms with Gasteiger partial charge in [0.1, 0.15) is 5.60 Å². The number of nitrogens with one attached hydrogen (secondary N) is 2. The Morgan fingerprint density at radius 2 is 1.91 bits per heavy atom. The third kappa shape index (κ3) is 5.77. The molecule has 4 nitrogen and oxygen atoms in total. The summed E-state index contributed by atoms with van der Waals surface area (Å²) >= 11 is 0. The van der Waals surface area contributed by atoms with E-state index in [0.717, 1.165) is 17.2 Å². The Labute approximate surface area is 140 Å². The van der Waals surface area contributed by atoms with Crippen LogP contribution in [-0.2, 0) is 11.3 Å². The monoisotopic (exact) mass is 318 g/mol. The van der Waals surface area contributed by atoms with Crippen LogP contribution in [0.25, 0.3) is 0 Å². The molecule has 4 heteroatoms. The maximum Gasteiger partial charge on any atom is 0.407 e. The second-order valence-electron chi connectivity index (χ2n) is 7.49. The number of hydrogen-bond acceptors (Lipinski definition) is 3. The summed E-state index contributed by atoms with van der Waals surface area (Å²) in [6, 6.07) is 8.61. The van der Waals surface area contributed by atoms with Crippen LogP contribution in [0, 0.1) is 5.92 Å². The molecule has 1 atom stereocenters. The van der Waals surface area contributed by atoms with Crippen LogP contribution < -0.4 is 10.6 Å². The number of alkyl carbamates (subject to hydrolysis) is 1. The highest BCUT2D eigenvalue weighted by Crippen LogP contribution is 2.29. The van der Waals surface area contributed by atoms with Crippen molar-refractivity contribution in [2.75, 3.05) is 5.32 Å². The van der Waals surface area contributed by atoms with Crippen molar-refractivity contribution >= 4 is 11.8 Å². The quantitative estimate of drug-likeness (QED) is 0.827. The third-order valence-electron chi connectivity index (χ3n) is 4.33. The maximum atomic E-state index is 11.8. The van der Waals surface area contributed by atoms with E-state index < -0.39 is 5.60 Å². The molecule has 2 rings (SSSR count). The second kappa shape index (κ2) is 7.71. The van der Waals surface area contributed by atoms with Crippen LogP contribution >= 0.6 is 0 Å². The first-order valence-electron chi connectivity index (χ1n) is 8.66. The summed E-state index contributed by atoms with van der Waals surface area (Å²) in [4.78, 5) is 11.8. The largest absolute Gasteiger partial charge is 0.444 e. The molecule has 1 unspecified atom stereocenters. The molecule has 1 amide bonds. The highest BCUT2D eigenvalue weighted by atomic mass is 16.6. The first-order chi connectivity index (χ1) is 10.8. The van der Waals surface area contributed by atoms with Gasteiger partial charge < -0.3 is 15.4 Å². The number of hydrogen-bond donors (Lipinski definition) is 2. The van der Waals surface area contributed by atoms with Crippen LogP contribution in [0.15, 0.2) is 24.3 Å². The highest BCUT2D eigenvalue weighted by Gasteiger charge is 2.22. The number of amides is 1. The van der Waals surface area contributed by atoms with Crippen molar-refractivity contribution in [2.45, 2.75) is 71.6 Å². The van der Waals surface area contributed by atoms with Gasteiger partial charge in [0.25, 0.3) is 0 Å². The van der Waals surface area contributed by atoms with Crippen LogP contribution in [0.5, 0.6) is 0 Å². The minimum Gasteiger partial charge on any atom is -0.444 e. The molecule has 1 aromatic carbocycles. The lowest BCUT2D eigenvalue weighted by Gasteiger charge is -2.24. The lowest BCUT2D eigenvalue weighted by molar-refractivity contribution is 0.0523. The van der Waals surface area contributed by atoms with Gasteiger partial charge in [0.2, 0.25) is 0 Å². The van der Waals surface area contributed by atoms with Crippen LogP contribution in [0.4, 0.5) is 10.5 Å². The number of anilines is 1. The lowest BCUT2D eigenvalue weighted by atomic mass is 9.99. The van der Waals surface area contributed by atoms with E-state index in [0.29, 0.717) is 12.6 Å². The Kier molecular flexibility index (Phi) is 5.91. The predicted octanol–water partition coefficient (Wildman–Crippen LogP) is 4.70. The number of para-hydroxylation sites is 1. The molecule has 0 saturated heterocycles. The minimum absolute atomic E-state index is 0.379. The fraction of sp³-hybridized carbons (Fsp3) is 0.632. The van der Waals surface area contributed by atoms with E-state index in [2.05, 4.69) is 23.6 Å². The summed E-state index contributed by atoms with van der Waals surface area (Å²) in [6.45, 7) is 8.33. The van der Waals surface area contributed by atoms with Gasteiger partial charge in [-0.3, -0.25) is 0 Å². The summed E-state index contributed by atoms with van der Waals surface area (Å²) in [5, 5.41) is 6.47. The molecule has 0 bridgehead atoms. The van der Waals surface area contributed by atoms with Crippen LogP contribution in [-0.4, -0.2) is 17.7 Å². The van der Waals surface area contributed by atoms with Crippen molar-refractivity contribution in [1.82, 2.24) is 5.32 Å². The normalized spacial score (nSPS) is 16.9. The van der Waals surface area contributed by atoms with Gasteiger partial charge in [0.05, 0.1) is 0 Å². The molecule has 128 valence electrons. The van der Waals surface area contributed by atoms with Gasteiger partial charge >= 0.3 is 6.09 Å². The molecule has 0 spiro atoms. The Bertz CT molecular complexity index is 516. The van der Waals surface area contributed by atoms with E-state index in [1.165, 1.54) is 25.7 Å². The average Bonchev–Trinajstić information content (AvgIpc) is 2.99.